The van der Waals surface area contributed by atoms with E-state index in [-0.39, 0.29) is 11.7 Å². The van der Waals surface area contributed by atoms with E-state index < -0.39 is 17.5 Å². The summed E-state index contributed by atoms with van der Waals surface area (Å²) in [5.41, 5.74) is -0.367. The van der Waals surface area contributed by atoms with E-state index in [0.29, 0.717) is 18.5 Å². The second-order valence-corrected chi connectivity index (χ2v) is 4.64. The maximum Gasteiger partial charge on any atom is 0.303 e. The summed E-state index contributed by atoms with van der Waals surface area (Å²) >= 11 is 0. The molecule has 1 heterocycles. The van der Waals surface area contributed by atoms with E-state index in [1.807, 2.05) is 6.92 Å². The van der Waals surface area contributed by atoms with E-state index in [1.165, 1.54) is 19.1 Å². The van der Waals surface area contributed by atoms with Gasteiger partial charge < -0.3 is 10.1 Å². The van der Waals surface area contributed by atoms with Crippen molar-refractivity contribution in [1.29, 1.82) is 0 Å². The Labute approximate surface area is 110 Å². The van der Waals surface area contributed by atoms with Crippen molar-refractivity contribution in [3.63, 3.8) is 0 Å². The fraction of sp³-hybridized carbons (Fsp3) is 0.429. The number of halogens is 1. The van der Waals surface area contributed by atoms with Gasteiger partial charge in [0.25, 0.3) is 0 Å². The number of carbonyl (C=O) groups excluding carboxylic acids is 2. The predicted molar refractivity (Wildman–Crippen MR) is 66.6 cm³/mol. The van der Waals surface area contributed by atoms with Crippen LogP contribution < -0.4 is 5.32 Å². The van der Waals surface area contributed by atoms with Crippen molar-refractivity contribution in [2.45, 2.75) is 25.9 Å². The first-order chi connectivity index (χ1) is 8.99. The van der Waals surface area contributed by atoms with E-state index in [2.05, 4.69) is 5.32 Å². The van der Waals surface area contributed by atoms with Gasteiger partial charge >= 0.3 is 5.97 Å². The lowest BCUT2D eigenvalue weighted by atomic mass is 9.75. The van der Waals surface area contributed by atoms with Gasteiger partial charge in [0.15, 0.2) is 5.60 Å². The molecule has 5 heteroatoms. The minimum atomic E-state index is -1.01. The first-order valence-corrected chi connectivity index (χ1v) is 6.23. The number of carbonyl (C=O) groups is 2. The fourth-order valence-electron chi connectivity index (χ4n) is 2.51. The Balaban J connectivity index is 2.45. The molecule has 0 radical (unpaired) electrons. The molecule has 19 heavy (non-hydrogen) atoms. The Bertz CT molecular complexity index is 500. The van der Waals surface area contributed by atoms with Gasteiger partial charge in [-0.05, 0) is 24.1 Å². The van der Waals surface area contributed by atoms with Gasteiger partial charge in [-0.1, -0.05) is 19.1 Å². The van der Waals surface area contributed by atoms with Crippen LogP contribution in [-0.4, -0.2) is 18.4 Å². The Morgan fingerprint density at radius 3 is 2.47 bits per heavy atom. The smallest absolute Gasteiger partial charge is 0.303 e. The van der Waals surface area contributed by atoms with Crippen molar-refractivity contribution in [1.82, 2.24) is 5.32 Å². The summed E-state index contributed by atoms with van der Waals surface area (Å²) in [5, 5.41) is 2.65. The molecule has 4 nitrogen and oxygen atoms in total. The van der Waals surface area contributed by atoms with Gasteiger partial charge in [-0.15, -0.1) is 0 Å². The molecule has 2 unspecified atom stereocenters. The van der Waals surface area contributed by atoms with Crippen molar-refractivity contribution >= 4 is 11.9 Å². The number of hydrogen-bond donors (Lipinski definition) is 1. The molecule has 0 bridgehead atoms. The monoisotopic (exact) mass is 265 g/mol. The Morgan fingerprint density at radius 1 is 1.47 bits per heavy atom. The molecule has 1 aliphatic rings. The van der Waals surface area contributed by atoms with Gasteiger partial charge in [-0.25, -0.2) is 4.39 Å². The van der Waals surface area contributed by atoms with Crippen molar-refractivity contribution in [3.05, 3.63) is 35.6 Å². The highest BCUT2D eigenvalue weighted by Gasteiger charge is 2.50. The molecular weight excluding hydrogens is 249 g/mol. The highest BCUT2D eigenvalue weighted by Crippen LogP contribution is 2.40. The van der Waals surface area contributed by atoms with E-state index >= 15 is 0 Å². The second kappa shape index (κ2) is 4.99. The van der Waals surface area contributed by atoms with Crippen molar-refractivity contribution < 1.29 is 18.7 Å². The largest absolute Gasteiger partial charge is 0.453 e. The molecular formula is C14H16FNO3. The normalized spacial score (nSPS) is 21.0. The topological polar surface area (TPSA) is 55.4 Å². The molecule has 1 N–H and O–H groups in total. The molecule has 1 aromatic carbocycles. The van der Waals surface area contributed by atoms with E-state index in [9.17, 15) is 14.0 Å². The zero-order valence-electron chi connectivity index (χ0n) is 10.9. The summed E-state index contributed by atoms with van der Waals surface area (Å²) in [6, 6.07) is 5.74. The maximum absolute atomic E-state index is 13.0. The number of β-lactam (4-membered cyclic amide) rings is 1. The quantitative estimate of drug-likeness (QED) is 0.666. The zero-order chi connectivity index (χ0) is 14.0. The number of rotatable bonds is 4. The van der Waals surface area contributed by atoms with Gasteiger partial charge in [-0.2, -0.15) is 0 Å². The van der Waals surface area contributed by atoms with E-state index in [1.54, 1.807) is 12.1 Å². The third-order valence-corrected chi connectivity index (χ3v) is 3.54. The molecule has 2 rings (SSSR count). The number of benzene rings is 1. The second-order valence-electron chi connectivity index (χ2n) is 4.64. The molecule has 1 saturated heterocycles. The van der Waals surface area contributed by atoms with Crippen LogP contribution in [0.25, 0.3) is 0 Å². The van der Waals surface area contributed by atoms with Crippen LogP contribution in [0.3, 0.4) is 0 Å². The molecule has 0 spiro atoms. The van der Waals surface area contributed by atoms with Gasteiger partial charge in [0, 0.05) is 13.5 Å². The third-order valence-electron chi connectivity index (χ3n) is 3.54. The summed E-state index contributed by atoms with van der Waals surface area (Å²) in [4.78, 5) is 23.1. The highest BCUT2D eigenvalue weighted by molar-refractivity contribution is 5.86. The molecule has 1 fully saturated rings. The number of nitrogens with one attached hydrogen (secondary N) is 1. The average Bonchev–Trinajstić information content (AvgIpc) is 2.36. The standard InChI is InChI=1S/C14H16FNO3/c1-3-14(19-9(2)17,12-8-16-13(12)18)10-4-6-11(15)7-5-10/h4-7,12H,3,8H2,1-2H3,(H,16,18). The minimum Gasteiger partial charge on any atom is -0.453 e. The van der Waals surface area contributed by atoms with Crippen LogP contribution in [0, 0.1) is 11.7 Å². The fourth-order valence-corrected chi connectivity index (χ4v) is 2.51. The molecule has 2 atom stereocenters. The third kappa shape index (κ3) is 2.32. The van der Waals surface area contributed by atoms with Gasteiger partial charge in [0.2, 0.25) is 5.91 Å². The molecule has 0 aromatic heterocycles. The van der Waals surface area contributed by atoms with Crippen molar-refractivity contribution in [3.8, 4) is 0 Å². The lowest BCUT2D eigenvalue weighted by molar-refractivity contribution is -0.174. The van der Waals surface area contributed by atoms with Gasteiger partial charge in [0.05, 0.1) is 5.92 Å². The summed E-state index contributed by atoms with van der Waals surface area (Å²) in [5.74, 6) is -1.39. The van der Waals surface area contributed by atoms with E-state index in [0.717, 1.165) is 0 Å². The summed E-state index contributed by atoms with van der Waals surface area (Å²) in [7, 11) is 0. The van der Waals surface area contributed by atoms with Gasteiger partial charge in [-0.3, -0.25) is 9.59 Å². The lowest BCUT2D eigenvalue weighted by Gasteiger charge is -2.43. The zero-order valence-corrected chi connectivity index (χ0v) is 10.9. The minimum absolute atomic E-state index is 0.146. The molecule has 1 amide bonds. The Morgan fingerprint density at radius 2 is 2.11 bits per heavy atom. The van der Waals surface area contributed by atoms with Crippen molar-refractivity contribution in [2.24, 2.45) is 5.92 Å². The van der Waals surface area contributed by atoms with Crippen LogP contribution in [0.15, 0.2) is 24.3 Å². The molecule has 102 valence electrons. The van der Waals surface area contributed by atoms with Crippen LogP contribution >= 0.6 is 0 Å². The van der Waals surface area contributed by atoms with E-state index in [4.69, 9.17) is 4.74 Å². The summed E-state index contributed by atoms with van der Waals surface area (Å²) in [6.45, 7) is 3.61. The first-order valence-electron chi connectivity index (χ1n) is 6.23. The predicted octanol–water partition coefficient (Wildman–Crippen LogP) is 1.74. The lowest BCUT2D eigenvalue weighted by Crippen LogP contribution is -2.59. The number of hydrogen-bond acceptors (Lipinski definition) is 3. The maximum atomic E-state index is 13.0. The Kier molecular flexibility index (Phi) is 3.55. The molecule has 1 aliphatic heterocycles. The summed E-state index contributed by atoms with van der Waals surface area (Å²) < 4.78 is 18.5. The van der Waals surface area contributed by atoms with Crippen LogP contribution in [0.4, 0.5) is 4.39 Å². The molecule has 0 saturated carbocycles. The number of ether oxygens (including phenoxy) is 1. The SMILES string of the molecule is CCC(OC(C)=O)(c1ccc(F)cc1)C1CNC1=O. The van der Waals surface area contributed by atoms with Crippen LogP contribution in [-0.2, 0) is 19.9 Å². The number of amides is 1. The summed E-state index contributed by atoms with van der Waals surface area (Å²) in [6.07, 6.45) is 0.455. The van der Waals surface area contributed by atoms with Crippen LogP contribution in [0.1, 0.15) is 25.8 Å². The highest BCUT2D eigenvalue weighted by atomic mass is 19.1. The van der Waals surface area contributed by atoms with Crippen LogP contribution in [0.5, 0.6) is 0 Å². The van der Waals surface area contributed by atoms with Crippen LogP contribution in [0.2, 0.25) is 0 Å². The number of esters is 1. The average molecular weight is 265 g/mol. The Hall–Kier alpha value is -1.91. The first kappa shape index (κ1) is 13.5. The van der Waals surface area contributed by atoms with Gasteiger partial charge in [0.1, 0.15) is 5.82 Å². The molecule has 1 aromatic rings. The molecule has 0 aliphatic carbocycles. The van der Waals surface area contributed by atoms with Crippen molar-refractivity contribution in [2.75, 3.05) is 6.54 Å².